The molecule has 0 aromatic carbocycles. The lowest BCUT2D eigenvalue weighted by Gasteiger charge is -2.20. The van der Waals surface area contributed by atoms with Crippen LogP contribution < -0.4 is 5.73 Å². The summed E-state index contributed by atoms with van der Waals surface area (Å²) >= 11 is 0. The van der Waals surface area contributed by atoms with E-state index in [1.807, 2.05) is 4.90 Å². The molecule has 0 saturated heterocycles. The van der Waals surface area contributed by atoms with Crippen LogP contribution >= 0.6 is 0 Å². The van der Waals surface area contributed by atoms with E-state index in [0.717, 1.165) is 25.9 Å². The van der Waals surface area contributed by atoms with Crippen LogP contribution in [0.3, 0.4) is 0 Å². The standard InChI is InChI=1S/C25H52N2O/c1-3-5-7-9-11-13-15-17-19-21-23-27(25(26)28)24-22-20-18-16-14-12-10-8-6-4-2/h3-24H2,1-2H3,(H2,26,28). The number of unbranched alkanes of at least 4 members (excludes halogenated alkanes) is 18. The maximum atomic E-state index is 11.6. The van der Waals surface area contributed by atoms with Gasteiger partial charge in [0.05, 0.1) is 0 Å². The number of amides is 2. The Labute approximate surface area is 177 Å². The van der Waals surface area contributed by atoms with Gasteiger partial charge in [0.1, 0.15) is 0 Å². The van der Waals surface area contributed by atoms with Crippen molar-refractivity contribution in [3.63, 3.8) is 0 Å². The molecule has 0 unspecified atom stereocenters. The fourth-order valence-electron chi connectivity index (χ4n) is 3.91. The second-order valence-corrected chi connectivity index (χ2v) is 8.69. The fourth-order valence-corrected chi connectivity index (χ4v) is 3.91. The SMILES string of the molecule is CCCCCCCCCCCCN(CCCCCCCCCCCC)C(N)=O. The van der Waals surface area contributed by atoms with Crippen molar-refractivity contribution >= 4 is 6.03 Å². The van der Waals surface area contributed by atoms with Crippen LogP contribution in [0.2, 0.25) is 0 Å². The Morgan fingerprint density at radius 2 is 0.750 bits per heavy atom. The van der Waals surface area contributed by atoms with Gasteiger partial charge in [-0.1, -0.05) is 129 Å². The van der Waals surface area contributed by atoms with Gasteiger partial charge < -0.3 is 10.6 Å². The minimum Gasteiger partial charge on any atom is -0.351 e. The molecule has 0 aliphatic rings. The summed E-state index contributed by atoms with van der Waals surface area (Å²) in [5, 5.41) is 0. The lowest BCUT2D eigenvalue weighted by atomic mass is 10.1. The van der Waals surface area contributed by atoms with Gasteiger partial charge in [-0.3, -0.25) is 0 Å². The highest BCUT2D eigenvalue weighted by atomic mass is 16.2. The van der Waals surface area contributed by atoms with Gasteiger partial charge in [0, 0.05) is 13.1 Å². The van der Waals surface area contributed by atoms with E-state index in [2.05, 4.69) is 13.8 Å². The summed E-state index contributed by atoms with van der Waals surface area (Å²) in [4.78, 5) is 13.5. The first-order valence-corrected chi connectivity index (χ1v) is 12.8. The van der Waals surface area contributed by atoms with Crippen LogP contribution in [0.1, 0.15) is 142 Å². The highest BCUT2D eigenvalue weighted by molar-refractivity contribution is 5.71. The maximum absolute atomic E-state index is 11.6. The molecule has 0 heterocycles. The predicted molar refractivity (Wildman–Crippen MR) is 125 cm³/mol. The Bertz CT molecular complexity index is 296. The number of nitrogens with zero attached hydrogens (tertiary/aromatic N) is 1. The van der Waals surface area contributed by atoms with Crippen molar-refractivity contribution in [2.45, 2.75) is 142 Å². The van der Waals surface area contributed by atoms with Crippen molar-refractivity contribution in [3.8, 4) is 0 Å². The smallest absolute Gasteiger partial charge is 0.314 e. The maximum Gasteiger partial charge on any atom is 0.314 e. The summed E-state index contributed by atoms with van der Waals surface area (Å²) in [5.41, 5.74) is 5.56. The Morgan fingerprint density at radius 1 is 0.500 bits per heavy atom. The zero-order valence-electron chi connectivity index (χ0n) is 19.5. The van der Waals surface area contributed by atoms with Crippen molar-refractivity contribution in [1.29, 1.82) is 0 Å². The second-order valence-electron chi connectivity index (χ2n) is 8.69. The molecule has 3 nitrogen and oxygen atoms in total. The van der Waals surface area contributed by atoms with Gasteiger partial charge in [-0.15, -0.1) is 0 Å². The number of urea groups is 1. The third-order valence-electron chi connectivity index (χ3n) is 5.87. The van der Waals surface area contributed by atoms with Gasteiger partial charge in [0.2, 0.25) is 0 Å². The van der Waals surface area contributed by atoms with Crippen LogP contribution in [0.15, 0.2) is 0 Å². The summed E-state index contributed by atoms with van der Waals surface area (Å²) in [6.07, 6.45) is 26.6. The molecular formula is C25H52N2O. The molecule has 0 aromatic rings. The summed E-state index contributed by atoms with van der Waals surface area (Å²) in [6.45, 7) is 6.24. The Balaban J connectivity index is 3.45. The van der Waals surface area contributed by atoms with Crippen LogP contribution in [0.25, 0.3) is 0 Å². The summed E-state index contributed by atoms with van der Waals surface area (Å²) in [6, 6.07) is -0.230. The largest absolute Gasteiger partial charge is 0.351 e. The van der Waals surface area contributed by atoms with Crippen LogP contribution in [0, 0.1) is 0 Å². The van der Waals surface area contributed by atoms with Crippen LogP contribution in [-0.4, -0.2) is 24.0 Å². The number of primary amides is 1. The monoisotopic (exact) mass is 396 g/mol. The molecule has 2 N–H and O–H groups in total. The van der Waals surface area contributed by atoms with Gasteiger partial charge in [-0.2, -0.15) is 0 Å². The number of carbonyl (C=O) groups excluding carboxylic acids is 1. The number of nitrogens with two attached hydrogens (primary N) is 1. The van der Waals surface area contributed by atoms with Gasteiger partial charge in [-0.05, 0) is 12.8 Å². The summed E-state index contributed by atoms with van der Waals surface area (Å²) < 4.78 is 0. The van der Waals surface area contributed by atoms with Crippen molar-refractivity contribution < 1.29 is 4.79 Å². The zero-order chi connectivity index (χ0) is 20.7. The lowest BCUT2D eigenvalue weighted by molar-refractivity contribution is 0.204. The Kier molecular flexibility index (Phi) is 22.0. The summed E-state index contributed by atoms with van der Waals surface area (Å²) in [7, 11) is 0. The molecule has 3 heteroatoms. The number of rotatable bonds is 22. The molecule has 0 aliphatic carbocycles. The first-order chi connectivity index (χ1) is 13.7. The average molecular weight is 397 g/mol. The van der Waals surface area contributed by atoms with E-state index in [1.54, 1.807) is 0 Å². The van der Waals surface area contributed by atoms with Crippen molar-refractivity contribution in [3.05, 3.63) is 0 Å². The van der Waals surface area contributed by atoms with Crippen LogP contribution in [-0.2, 0) is 0 Å². The minimum absolute atomic E-state index is 0.230. The molecule has 0 bridgehead atoms. The van der Waals surface area contributed by atoms with Gasteiger partial charge in [0.25, 0.3) is 0 Å². The molecule has 0 atom stereocenters. The molecule has 0 rings (SSSR count). The number of hydrogen-bond donors (Lipinski definition) is 1. The van der Waals surface area contributed by atoms with E-state index < -0.39 is 0 Å². The van der Waals surface area contributed by atoms with Gasteiger partial charge in [0.15, 0.2) is 0 Å². The zero-order valence-corrected chi connectivity index (χ0v) is 19.5. The molecule has 0 fully saturated rings. The van der Waals surface area contributed by atoms with Gasteiger partial charge in [-0.25, -0.2) is 4.79 Å². The highest BCUT2D eigenvalue weighted by Gasteiger charge is 2.08. The van der Waals surface area contributed by atoms with E-state index in [0.29, 0.717) is 0 Å². The normalized spacial score (nSPS) is 11.1. The van der Waals surface area contributed by atoms with E-state index in [-0.39, 0.29) is 6.03 Å². The highest BCUT2D eigenvalue weighted by Crippen LogP contribution is 2.12. The van der Waals surface area contributed by atoms with Gasteiger partial charge >= 0.3 is 6.03 Å². The Hall–Kier alpha value is -0.730. The fraction of sp³-hybridized carbons (Fsp3) is 0.960. The topological polar surface area (TPSA) is 46.3 Å². The molecule has 0 radical (unpaired) electrons. The third kappa shape index (κ3) is 20.0. The van der Waals surface area contributed by atoms with Crippen molar-refractivity contribution in [2.24, 2.45) is 5.73 Å². The quantitative estimate of drug-likeness (QED) is 0.184. The first-order valence-electron chi connectivity index (χ1n) is 12.8. The van der Waals surface area contributed by atoms with Crippen molar-refractivity contribution in [1.82, 2.24) is 4.90 Å². The summed E-state index contributed by atoms with van der Waals surface area (Å²) in [5.74, 6) is 0. The predicted octanol–water partition coefficient (Wildman–Crippen LogP) is 8.21. The second kappa shape index (κ2) is 22.6. The van der Waals surface area contributed by atoms with Crippen LogP contribution in [0.5, 0.6) is 0 Å². The number of carbonyl (C=O) groups is 1. The average Bonchev–Trinajstić information content (AvgIpc) is 2.68. The lowest BCUT2D eigenvalue weighted by Crippen LogP contribution is -2.37. The molecule has 2 amide bonds. The van der Waals surface area contributed by atoms with Crippen molar-refractivity contribution in [2.75, 3.05) is 13.1 Å². The molecule has 0 aromatic heterocycles. The first kappa shape index (κ1) is 27.3. The Morgan fingerprint density at radius 3 is 1.00 bits per heavy atom. The van der Waals surface area contributed by atoms with E-state index in [4.69, 9.17) is 5.73 Å². The molecule has 168 valence electrons. The van der Waals surface area contributed by atoms with Crippen LogP contribution in [0.4, 0.5) is 4.79 Å². The molecule has 28 heavy (non-hydrogen) atoms. The molecule has 0 spiro atoms. The van der Waals surface area contributed by atoms with E-state index in [1.165, 1.54) is 116 Å². The minimum atomic E-state index is -0.230. The third-order valence-corrected chi connectivity index (χ3v) is 5.87. The number of hydrogen-bond acceptors (Lipinski definition) is 1. The molecule has 0 aliphatic heterocycles. The molecular weight excluding hydrogens is 344 g/mol. The van der Waals surface area contributed by atoms with E-state index in [9.17, 15) is 4.79 Å². The molecule has 0 saturated carbocycles. The van der Waals surface area contributed by atoms with E-state index >= 15 is 0 Å².